The Kier molecular flexibility index (Phi) is 4.49. The first kappa shape index (κ1) is 17.6. The number of carbonyl (C=O) groups is 1. The Morgan fingerprint density at radius 3 is 2.93 bits per heavy atom. The van der Waals surface area contributed by atoms with E-state index in [0.29, 0.717) is 26.2 Å². The first-order valence-electron chi connectivity index (χ1n) is 9.55. The molecule has 0 aliphatic carbocycles. The lowest BCUT2D eigenvalue weighted by atomic mass is 9.87. The van der Waals surface area contributed by atoms with E-state index in [1.165, 1.54) is 0 Å². The van der Waals surface area contributed by atoms with Crippen molar-refractivity contribution in [1.29, 1.82) is 0 Å². The summed E-state index contributed by atoms with van der Waals surface area (Å²) in [6, 6.07) is 12.2. The zero-order valence-electron chi connectivity index (χ0n) is 15.6. The van der Waals surface area contributed by atoms with Crippen LogP contribution in [-0.2, 0) is 16.1 Å². The number of carbonyl (C=O) groups excluding carboxylic acids is 1. The van der Waals surface area contributed by atoms with Gasteiger partial charge < -0.3 is 14.5 Å². The normalized spacial score (nSPS) is 22.9. The van der Waals surface area contributed by atoms with Crippen LogP contribution in [0.3, 0.4) is 0 Å². The van der Waals surface area contributed by atoms with Crippen LogP contribution in [0.15, 0.2) is 48.1 Å². The van der Waals surface area contributed by atoms with Crippen molar-refractivity contribution in [3.63, 3.8) is 0 Å². The van der Waals surface area contributed by atoms with Gasteiger partial charge in [-0.25, -0.2) is 9.97 Å². The van der Waals surface area contributed by atoms with Crippen LogP contribution in [-0.4, -0.2) is 53.6 Å². The van der Waals surface area contributed by atoms with Gasteiger partial charge >= 0.3 is 0 Å². The maximum Gasteiger partial charge on any atom is 0.223 e. The summed E-state index contributed by atoms with van der Waals surface area (Å²) in [6.45, 7) is 4.18. The van der Waals surface area contributed by atoms with E-state index in [1.54, 1.807) is 17.7 Å². The van der Waals surface area contributed by atoms with Crippen molar-refractivity contribution in [2.75, 3.05) is 37.7 Å². The lowest BCUT2D eigenvalue weighted by Gasteiger charge is -2.32. The molecule has 0 N–H and O–H groups in total. The number of nitrogens with zero attached hydrogens (tertiary/aromatic N) is 4. The molecule has 0 bridgehead atoms. The van der Waals surface area contributed by atoms with Gasteiger partial charge in [0.15, 0.2) is 0 Å². The molecule has 1 atom stereocenters. The largest absolute Gasteiger partial charge is 0.379 e. The predicted molar refractivity (Wildman–Crippen MR) is 109 cm³/mol. The number of aromatic nitrogens is 2. The quantitative estimate of drug-likeness (QED) is 0.684. The van der Waals surface area contributed by atoms with Crippen molar-refractivity contribution in [1.82, 2.24) is 14.9 Å². The Morgan fingerprint density at radius 2 is 2.04 bits per heavy atom. The number of benzene rings is 1. The zero-order chi connectivity index (χ0) is 19.0. The first-order valence-corrected chi connectivity index (χ1v) is 10.4. The summed E-state index contributed by atoms with van der Waals surface area (Å²) < 4.78 is 7.07. The van der Waals surface area contributed by atoms with Gasteiger partial charge in [-0.2, -0.15) is 0 Å². The van der Waals surface area contributed by atoms with Crippen LogP contribution >= 0.6 is 11.3 Å². The smallest absolute Gasteiger partial charge is 0.223 e. The number of likely N-dealkylation sites (tertiary alicyclic amines) is 1. The van der Waals surface area contributed by atoms with Gasteiger partial charge in [-0.1, -0.05) is 30.3 Å². The van der Waals surface area contributed by atoms with Crippen molar-refractivity contribution < 1.29 is 9.53 Å². The Balaban J connectivity index is 1.40. The van der Waals surface area contributed by atoms with E-state index < -0.39 is 0 Å². The molecule has 2 aliphatic rings. The molecular weight excluding hydrogens is 372 g/mol. The lowest BCUT2D eigenvalue weighted by Crippen LogP contribution is -2.41. The molecule has 0 unspecified atom stereocenters. The minimum absolute atomic E-state index is 0.198. The number of fused-ring (bicyclic) bond motifs is 1. The van der Waals surface area contributed by atoms with Gasteiger partial charge in [-0.05, 0) is 17.0 Å². The number of thiophene rings is 1. The fourth-order valence-electron chi connectivity index (χ4n) is 4.31. The predicted octanol–water partition coefficient (Wildman–Crippen LogP) is 2.95. The summed E-state index contributed by atoms with van der Waals surface area (Å²) >= 11 is 1.66. The van der Waals surface area contributed by atoms with Crippen molar-refractivity contribution in [2.24, 2.45) is 5.41 Å². The van der Waals surface area contributed by atoms with Gasteiger partial charge in [-0.3, -0.25) is 4.79 Å². The van der Waals surface area contributed by atoms with E-state index in [0.717, 1.165) is 41.2 Å². The molecule has 144 valence electrons. The number of hydrogen-bond acceptors (Lipinski definition) is 6. The second kappa shape index (κ2) is 7.14. The third kappa shape index (κ3) is 3.25. The summed E-state index contributed by atoms with van der Waals surface area (Å²) in [4.78, 5) is 26.0. The summed E-state index contributed by atoms with van der Waals surface area (Å²) in [5.74, 6) is 1.16. The lowest BCUT2D eigenvalue weighted by molar-refractivity contribution is -0.128. The van der Waals surface area contributed by atoms with Gasteiger partial charge in [0.05, 0.1) is 23.4 Å². The van der Waals surface area contributed by atoms with Crippen LogP contribution in [0.4, 0.5) is 5.82 Å². The molecule has 0 saturated carbocycles. The molecule has 6 nitrogen and oxygen atoms in total. The molecule has 2 fully saturated rings. The molecule has 1 spiro atoms. The minimum atomic E-state index is -0.198. The van der Waals surface area contributed by atoms with Crippen LogP contribution in [0, 0.1) is 5.41 Å². The highest BCUT2D eigenvalue weighted by Crippen LogP contribution is 2.37. The second-order valence-corrected chi connectivity index (χ2v) is 8.63. The van der Waals surface area contributed by atoms with Crippen LogP contribution in [0.5, 0.6) is 0 Å². The maximum absolute atomic E-state index is 12.8. The number of hydrogen-bond donors (Lipinski definition) is 0. The van der Waals surface area contributed by atoms with Gasteiger partial charge in [0.2, 0.25) is 5.91 Å². The fourth-order valence-corrected chi connectivity index (χ4v) is 5.17. The molecule has 2 aromatic heterocycles. The highest BCUT2D eigenvalue weighted by atomic mass is 32.1. The van der Waals surface area contributed by atoms with Crippen molar-refractivity contribution in [2.45, 2.75) is 13.0 Å². The van der Waals surface area contributed by atoms with Crippen LogP contribution < -0.4 is 4.90 Å². The van der Waals surface area contributed by atoms with Crippen molar-refractivity contribution in [3.8, 4) is 0 Å². The van der Waals surface area contributed by atoms with Crippen LogP contribution in [0.2, 0.25) is 0 Å². The SMILES string of the molecule is O=C1C[C@]2(COCCN(c3ncnc4ccsc34)C2)CN1Cc1ccccc1. The van der Waals surface area contributed by atoms with E-state index in [9.17, 15) is 4.79 Å². The molecule has 2 saturated heterocycles. The molecule has 1 amide bonds. The van der Waals surface area contributed by atoms with Crippen molar-refractivity contribution >= 4 is 33.3 Å². The molecule has 1 aromatic carbocycles. The molecule has 28 heavy (non-hydrogen) atoms. The fraction of sp³-hybridized carbons (Fsp3) is 0.381. The molecule has 2 aliphatic heterocycles. The average Bonchev–Trinajstić information content (AvgIpc) is 3.23. The molecule has 7 heteroatoms. The van der Waals surface area contributed by atoms with E-state index >= 15 is 0 Å². The number of amides is 1. The molecular formula is C21H22N4O2S. The Labute approximate surface area is 167 Å². The van der Waals surface area contributed by atoms with Crippen LogP contribution in [0.1, 0.15) is 12.0 Å². The monoisotopic (exact) mass is 394 g/mol. The van der Waals surface area contributed by atoms with E-state index in [-0.39, 0.29) is 11.3 Å². The van der Waals surface area contributed by atoms with Gasteiger partial charge in [0.25, 0.3) is 0 Å². The third-order valence-corrected chi connectivity index (χ3v) is 6.49. The number of anilines is 1. The van der Waals surface area contributed by atoms with E-state index in [1.807, 2.05) is 34.5 Å². The standard InChI is InChI=1S/C21H22N4O2S/c26-18-10-21(13-25(18)11-16-4-2-1-3-5-16)12-24(7-8-27-14-21)20-19-17(6-9-28-19)22-15-23-20/h1-6,9,15H,7-8,10-14H2/t21-/m1/s1. The first-order chi connectivity index (χ1) is 13.7. The van der Waals surface area contributed by atoms with Gasteiger partial charge in [0, 0.05) is 38.0 Å². The number of ether oxygens (including phenoxy) is 1. The second-order valence-electron chi connectivity index (χ2n) is 7.72. The Hall–Kier alpha value is -2.51. The molecule has 3 aromatic rings. The van der Waals surface area contributed by atoms with Gasteiger partial charge in [0.1, 0.15) is 12.1 Å². The van der Waals surface area contributed by atoms with Crippen LogP contribution in [0.25, 0.3) is 10.2 Å². The zero-order valence-corrected chi connectivity index (χ0v) is 16.4. The molecule has 0 radical (unpaired) electrons. The number of rotatable bonds is 3. The minimum Gasteiger partial charge on any atom is -0.379 e. The van der Waals surface area contributed by atoms with Crippen molar-refractivity contribution in [3.05, 3.63) is 53.7 Å². The summed E-state index contributed by atoms with van der Waals surface area (Å²) in [7, 11) is 0. The summed E-state index contributed by atoms with van der Waals surface area (Å²) in [6.07, 6.45) is 2.15. The highest BCUT2D eigenvalue weighted by Gasteiger charge is 2.45. The topological polar surface area (TPSA) is 58.6 Å². The molecule has 4 heterocycles. The summed E-state index contributed by atoms with van der Waals surface area (Å²) in [5, 5.41) is 2.05. The third-order valence-electron chi connectivity index (χ3n) is 5.59. The van der Waals surface area contributed by atoms with Gasteiger partial charge in [-0.15, -0.1) is 11.3 Å². The summed E-state index contributed by atoms with van der Waals surface area (Å²) in [5.41, 5.74) is 1.94. The highest BCUT2D eigenvalue weighted by molar-refractivity contribution is 7.17. The molecule has 5 rings (SSSR count). The van der Waals surface area contributed by atoms with E-state index in [2.05, 4.69) is 27.0 Å². The Morgan fingerprint density at radius 1 is 1.14 bits per heavy atom. The Bertz CT molecular complexity index is 992. The van der Waals surface area contributed by atoms with E-state index in [4.69, 9.17) is 4.74 Å². The maximum atomic E-state index is 12.8. The average molecular weight is 395 g/mol.